The molecule has 0 spiro atoms. The van der Waals surface area contributed by atoms with Crippen molar-refractivity contribution in [1.29, 1.82) is 0 Å². The van der Waals surface area contributed by atoms with Gasteiger partial charge >= 0.3 is 6.29 Å². The second-order valence-electron chi connectivity index (χ2n) is 5.08. The monoisotopic (exact) mass is 271 g/mol. The number of halogens is 2. The molecule has 3 nitrogen and oxygen atoms in total. The molecule has 2 rings (SSSR count). The van der Waals surface area contributed by atoms with E-state index in [1.165, 1.54) is 0 Å². The van der Waals surface area contributed by atoms with Crippen LogP contribution in [-0.4, -0.2) is 12.8 Å². The molecule has 0 unspecified atom stereocenters. The Morgan fingerprint density at radius 2 is 1.95 bits per heavy atom. The summed E-state index contributed by atoms with van der Waals surface area (Å²) in [5, 5.41) is 0. The highest BCUT2D eigenvalue weighted by Crippen LogP contribution is 2.45. The number of fused-ring (bicyclic) bond motifs is 1. The highest BCUT2D eigenvalue weighted by atomic mass is 19.3. The molecule has 1 heterocycles. The van der Waals surface area contributed by atoms with Crippen LogP contribution in [-0.2, 0) is 6.42 Å². The molecule has 1 aromatic rings. The maximum atomic E-state index is 13.2. The van der Waals surface area contributed by atoms with Crippen LogP contribution in [0.5, 0.6) is 11.5 Å². The molecule has 1 aliphatic heterocycles. The summed E-state index contributed by atoms with van der Waals surface area (Å²) in [6.07, 6.45) is -1.18. The summed E-state index contributed by atoms with van der Waals surface area (Å²) in [5.41, 5.74) is 7.20. The first kappa shape index (κ1) is 14.1. The van der Waals surface area contributed by atoms with Gasteiger partial charge in [0.2, 0.25) is 0 Å². The first-order valence-electron chi connectivity index (χ1n) is 6.55. The molecule has 19 heavy (non-hydrogen) atoms. The molecule has 5 heteroatoms. The fourth-order valence-electron chi connectivity index (χ4n) is 2.12. The lowest BCUT2D eigenvalue weighted by atomic mass is 9.97. The number of alkyl halides is 2. The van der Waals surface area contributed by atoms with Crippen LogP contribution in [0.3, 0.4) is 0 Å². The summed E-state index contributed by atoms with van der Waals surface area (Å²) < 4.78 is 35.5. The number of benzene rings is 1. The van der Waals surface area contributed by atoms with Gasteiger partial charge in [-0.15, -0.1) is 8.78 Å². The van der Waals surface area contributed by atoms with Crippen LogP contribution >= 0.6 is 0 Å². The number of hydrogen-bond donors (Lipinski definition) is 1. The average molecular weight is 271 g/mol. The van der Waals surface area contributed by atoms with Gasteiger partial charge in [-0.1, -0.05) is 19.9 Å². The molecule has 106 valence electrons. The topological polar surface area (TPSA) is 44.5 Å². The van der Waals surface area contributed by atoms with E-state index >= 15 is 0 Å². The SMILES string of the molecule is CC(C)c1cc(CCCCN)c2c(c1)OC(F)(F)O2. The van der Waals surface area contributed by atoms with Gasteiger partial charge in [0.15, 0.2) is 11.5 Å². The Hall–Kier alpha value is -1.36. The lowest BCUT2D eigenvalue weighted by Crippen LogP contribution is -2.26. The minimum Gasteiger partial charge on any atom is -0.395 e. The minimum atomic E-state index is -3.56. The lowest BCUT2D eigenvalue weighted by molar-refractivity contribution is -0.286. The lowest BCUT2D eigenvalue weighted by Gasteiger charge is -2.11. The predicted molar refractivity (Wildman–Crippen MR) is 68.7 cm³/mol. The van der Waals surface area contributed by atoms with E-state index in [4.69, 9.17) is 5.73 Å². The average Bonchev–Trinajstić information content (AvgIpc) is 2.63. The number of ether oxygens (including phenoxy) is 2. The Balaban J connectivity index is 2.30. The Morgan fingerprint density at radius 3 is 2.58 bits per heavy atom. The zero-order valence-corrected chi connectivity index (χ0v) is 11.2. The maximum absolute atomic E-state index is 13.2. The van der Waals surface area contributed by atoms with Crippen molar-refractivity contribution < 1.29 is 18.3 Å². The molecule has 0 radical (unpaired) electrons. The van der Waals surface area contributed by atoms with Gasteiger partial charge in [-0.25, -0.2) is 0 Å². The van der Waals surface area contributed by atoms with Crippen LogP contribution in [0, 0.1) is 0 Å². The standard InChI is InChI=1S/C14H19F2NO2/c1-9(2)11-7-10(5-3-4-6-17)13-12(8-11)18-14(15,16)19-13/h7-9H,3-6,17H2,1-2H3. The summed E-state index contributed by atoms with van der Waals surface area (Å²) in [6.45, 7) is 4.62. The number of unbranched alkanes of at least 4 members (excludes halogenated alkanes) is 1. The quantitative estimate of drug-likeness (QED) is 0.835. The van der Waals surface area contributed by atoms with E-state index in [1.807, 2.05) is 19.9 Å². The third kappa shape index (κ3) is 3.15. The smallest absolute Gasteiger partial charge is 0.395 e. The van der Waals surface area contributed by atoms with E-state index in [0.717, 1.165) is 24.0 Å². The number of hydrogen-bond acceptors (Lipinski definition) is 3. The summed E-state index contributed by atoms with van der Waals surface area (Å²) in [4.78, 5) is 0. The van der Waals surface area contributed by atoms with Gasteiger partial charge in [0.1, 0.15) is 0 Å². The fourth-order valence-corrected chi connectivity index (χ4v) is 2.12. The number of nitrogens with two attached hydrogens (primary N) is 1. The van der Waals surface area contributed by atoms with Crippen LogP contribution in [0.15, 0.2) is 12.1 Å². The molecular formula is C14H19F2NO2. The van der Waals surface area contributed by atoms with Crippen LogP contribution in [0.2, 0.25) is 0 Å². The molecule has 0 fully saturated rings. The van der Waals surface area contributed by atoms with Gasteiger partial charge in [-0.3, -0.25) is 0 Å². The Bertz CT molecular complexity index is 461. The van der Waals surface area contributed by atoms with E-state index < -0.39 is 6.29 Å². The first-order chi connectivity index (χ1) is 8.93. The van der Waals surface area contributed by atoms with Crippen molar-refractivity contribution in [3.8, 4) is 11.5 Å². The molecular weight excluding hydrogens is 252 g/mol. The van der Waals surface area contributed by atoms with Crippen molar-refractivity contribution in [2.45, 2.75) is 45.3 Å². The van der Waals surface area contributed by atoms with Crippen LogP contribution < -0.4 is 15.2 Å². The third-order valence-electron chi connectivity index (χ3n) is 3.17. The zero-order chi connectivity index (χ0) is 14.0. The molecule has 0 bridgehead atoms. The van der Waals surface area contributed by atoms with Crippen molar-refractivity contribution in [3.05, 3.63) is 23.3 Å². The first-order valence-corrected chi connectivity index (χ1v) is 6.55. The van der Waals surface area contributed by atoms with E-state index in [1.54, 1.807) is 6.07 Å². The minimum absolute atomic E-state index is 0.138. The largest absolute Gasteiger partial charge is 0.586 e. The summed E-state index contributed by atoms with van der Waals surface area (Å²) in [7, 11) is 0. The highest BCUT2D eigenvalue weighted by Gasteiger charge is 2.44. The highest BCUT2D eigenvalue weighted by molar-refractivity contribution is 5.52. The van der Waals surface area contributed by atoms with Gasteiger partial charge in [0.05, 0.1) is 0 Å². The van der Waals surface area contributed by atoms with Gasteiger partial charge in [-0.05, 0) is 48.9 Å². The van der Waals surface area contributed by atoms with E-state index in [0.29, 0.717) is 13.0 Å². The van der Waals surface area contributed by atoms with Gasteiger partial charge in [0, 0.05) is 0 Å². The van der Waals surface area contributed by atoms with E-state index in [2.05, 4.69) is 9.47 Å². The second kappa shape index (κ2) is 5.33. The van der Waals surface area contributed by atoms with Gasteiger partial charge in [0.25, 0.3) is 0 Å². The molecule has 0 saturated carbocycles. The second-order valence-corrected chi connectivity index (χ2v) is 5.08. The van der Waals surface area contributed by atoms with Gasteiger partial charge in [-0.2, -0.15) is 0 Å². The molecule has 0 aromatic heterocycles. The van der Waals surface area contributed by atoms with Crippen molar-refractivity contribution in [2.24, 2.45) is 5.73 Å². The zero-order valence-electron chi connectivity index (χ0n) is 11.2. The van der Waals surface area contributed by atoms with Crippen molar-refractivity contribution in [2.75, 3.05) is 6.54 Å². The molecule has 0 saturated heterocycles. The van der Waals surface area contributed by atoms with Crippen LogP contribution in [0.1, 0.15) is 43.7 Å². The molecule has 0 aliphatic carbocycles. The Morgan fingerprint density at radius 1 is 1.21 bits per heavy atom. The molecule has 0 amide bonds. The van der Waals surface area contributed by atoms with E-state index in [-0.39, 0.29) is 17.4 Å². The molecule has 2 N–H and O–H groups in total. The Labute approximate surface area is 111 Å². The summed E-state index contributed by atoms with van der Waals surface area (Å²) in [6, 6.07) is 3.55. The fraction of sp³-hybridized carbons (Fsp3) is 0.571. The van der Waals surface area contributed by atoms with Crippen molar-refractivity contribution in [3.63, 3.8) is 0 Å². The number of rotatable bonds is 5. The van der Waals surface area contributed by atoms with E-state index in [9.17, 15) is 8.78 Å². The third-order valence-corrected chi connectivity index (χ3v) is 3.17. The summed E-state index contributed by atoms with van der Waals surface area (Å²) in [5.74, 6) is 0.557. The predicted octanol–water partition coefficient (Wildman–Crippen LogP) is 3.41. The van der Waals surface area contributed by atoms with Crippen LogP contribution in [0.4, 0.5) is 8.78 Å². The maximum Gasteiger partial charge on any atom is 0.586 e. The van der Waals surface area contributed by atoms with Crippen molar-refractivity contribution in [1.82, 2.24) is 0 Å². The van der Waals surface area contributed by atoms with Crippen LogP contribution in [0.25, 0.3) is 0 Å². The summed E-state index contributed by atoms with van der Waals surface area (Å²) >= 11 is 0. The van der Waals surface area contributed by atoms with Gasteiger partial charge < -0.3 is 15.2 Å². The molecule has 1 aromatic carbocycles. The normalized spacial score (nSPS) is 16.1. The molecule has 0 atom stereocenters. The number of aryl methyl sites for hydroxylation is 1. The van der Waals surface area contributed by atoms with Crippen molar-refractivity contribution >= 4 is 0 Å². The Kier molecular flexibility index (Phi) is 3.94. The molecule has 1 aliphatic rings.